The lowest BCUT2D eigenvalue weighted by molar-refractivity contribution is -0.159. The van der Waals surface area contributed by atoms with Crippen LogP contribution in [-0.4, -0.2) is 34.0 Å². The fraction of sp³-hybridized carbons (Fsp3) is 0.417. The van der Waals surface area contributed by atoms with Crippen molar-refractivity contribution in [1.29, 1.82) is 0 Å². The molecule has 0 aliphatic carbocycles. The van der Waals surface area contributed by atoms with Crippen LogP contribution in [0.3, 0.4) is 0 Å². The maximum absolute atomic E-state index is 13.1. The highest BCUT2D eigenvalue weighted by Crippen LogP contribution is 2.23. The second kappa shape index (κ2) is 6.44. The van der Waals surface area contributed by atoms with Crippen molar-refractivity contribution in [2.45, 2.75) is 25.7 Å². The number of ether oxygens (including phenoxy) is 1. The molecule has 2 unspecified atom stereocenters. The smallest absolute Gasteiger partial charge is 0.338 e. The van der Waals surface area contributed by atoms with Gasteiger partial charge in [-0.05, 0) is 30.2 Å². The van der Waals surface area contributed by atoms with E-state index >= 15 is 0 Å². The van der Waals surface area contributed by atoms with Crippen LogP contribution in [0.4, 0.5) is 4.39 Å². The largest absolute Gasteiger partial charge is 0.464 e. The number of carbonyl (C=O) groups excluding carboxylic acids is 1. The van der Waals surface area contributed by atoms with Crippen molar-refractivity contribution in [3.63, 3.8) is 0 Å². The Labute approximate surface area is 103 Å². The van der Waals surface area contributed by atoms with Crippen molar-refractivity contribution in [3.05, 3.63) is 35.1 Å². The maximum Gasteiger partial charge on any atom is 0.338 e. The number of halogens is 1. The van der Waals surface area contributed by atoms with Crippen molar-refractivity contribution in [3.8, 4) is 0 Å². The van der Waals surface area contributed by atoms with Crippen LogP contribution in [0.25, 0.3) is 0 Å². The van der Waals surface area contributed by atoms with Crippen LogP contribution in [0.15, 0.2) is 18.2 Å². The van der Waals surface area contributed by atoms with Crippen LogP contribution in [0.5, 0.6) is 0 Å². The molecule has 18 heavy (non-hydrogen) atoms. The zero-order valence-electron chi connectivity index (χ0n) is 9.84. The van der Waals surface area contributed by atoms with Gasteiger partial charge in [-0.15, -0.1) is 0 Å². The van der Waals surface area contributed by atoms with Gasteiger partial charge in [0.2, 0.25) is 0 Å². The van der Waals surface area contributed by atoms with Crippen LogP contribution in [-0.2, 0) is 16.1 Å². The van der Waals surface area contributed by atoms with Crippen LogP contribution in [0.1, 0.15) is 24.2 Å². The van der Waals surface area contributed by atoms with E-state index in [2.05, 4.69) is 4.74 Å². The number of rotatable bonds is 5. The number of benzene rings is 1. The molecule has 1 aromatic rings. The summed E-state index contributed by atoms with van der Waals surface area (Å²) in [5, 5.41) is 28.4. The molecule has 0 saturated carbocycles. The van der Waals surface area contributed by atoms with Gasteiger partial charge < -0.3 is 20.1 Å². The van der Waals surface area contributed by atoms with Gasteiger partial charge in [0.05, 0.1) is 13.2 Å². The van der Waals surface area contributed by atoms with Gasteiger partial charge in [-0.25, -0.2) is 9.18 Å². The van der Waals surface area contributed by atoms with E-state index in [0.717, 1.165) is 12.1 Å². The van der Waals surface area contributed by atoms with E-state index in [9.17, 15) is 19.4 Å². The molecular weight excluding hydrogens is 243 g/mol. The number of hydrogen-bond donors (Lipinski definition) is 3. The summed E-state index contributed by atoms with van der Waals surface area (Å²) in [6, 6.07) is 3.34. The molecule has 1 rings (SSSR count). The Morgan fingerprint density at radius 1 is 1.44 bits per heavy atom. The normalized spacial score (nSPS) is 14.1. The standard InChI is InChI=1S/C12H15FO5/c1-2-18-12(17)11(16)10(15)9-5-8(13)4-3-7(9)6-14/h3-5,10-11,14-16H,2,6H2,1H3. The van der Waals surface area contributed by atoms with Gasteiger partial charge >= 0.3 is 5.97 Å². The first-order chi connectivity index (χ1) is 8.51. The summed E-state index contributed by atoms with van der Waals surface area (Å²) in [4.78, 5) is 11.3. The molecule has 0 spiro atoms. The van der Waals surface area contributed by atoms with Crippen molar-refractivity contribution in [1.82, 2.24) is 0 Å². The maximum atomic E-state index is 13.1. The van der Waals surface area contributed by atoms with E-state index in [4.69, 9.17) is 5.11 Å². The third-order valence-electron chi connectivity index (χ3n) is 2.42. The molecule has 1 aromatic carbocycles. The molecule has 0 saturated heterocycles. The molecule has 0 radical (unpaired) electrons. The van der Waals surface area contributed by atoms with Gasteiger partial charge in [0, 0.05) is 0 Å². The highest BCUT2D eigenvalue weighted by atomic mass is 19.1. The third kappa shape index (κ3) is 3.25. The Morgan fingerprint density at radius 3 is 2.67 bits per heavy atom. The summed E-state index contributed by atoms with van der Waals surface area (Å²) in [6.07, 6.45) is -3.47. The van der Waals surface area contributed by atoms with Gasteiger partial charge in [-0.2, -0.15) is 0 Å². The molecule has 0 aromatic heterocycles. The van der Waals surface area contributed by atoms with Gasteiger partial charge in [-0.1, -0.05) is 6.07 Å². The summed E-state index contributed by atoms with van der Waals surface area (Å²) < 4.78 is 17.6. The van der Waals surface area contributed by atoms with E-state index < -0.39 is 30.6 Å². The monoisotopic (exact) mass is 258 g/mol. The minimum Gasteiger partial charge on any atom is -0.464 e. The summed E-state index contributed by atoms with van der Waals surface area (Å²) in [6.45, 7) is 1.17. The summed E-state index contributed by atoms with van der Waals surface area (Å²) in [7, 11) is 0. The van der Waals surface area contributed by atoms with Crippen molar-refractivity contribution >= 4 is 5.97 Å². The number of aliphatic hydroxyl groups excluding tert-OH is 3. The Balaban J connectivity index is 2.98. The van der Waals surface area contributed by atoms with Gasteiger partial charge in [0.1, 0.15) is 11.9 Å². The Kier molecular flexibility index (Phi) is 5.21. The molecule has 0 aliphatic heterocycles. The average Bonchev–Trinajstić information content (AvgIpc) is 2.37. The SMILES string of the molecule is CCOC(=O)C(O)C(O)c1cc(F)ccc1CO. The highest BCUT2D eigenvalue weighted by Gasteiger charge is 2.28. The van der Waals surface area contributed by atoms with Crippen molar-refractivity contribution in [2.24, 2.45) is 0 Å². The molecule has 0 amide bonds. The Morgan fingerprint density at radius 2 is 2.11 bits per heavy atom. The Bertz CT molecular complexity index is 421. The summed E-state index contributed by atoms with van der Waals surface area (Å²) in [5.74, 6) is -1.64. The zero-order chi connectivity index (χ0) is 13.7. The lowest BCUT2D eigenvalue weighted by Gasteiger charge is -2.19. The summed E-state index contributed by atoms with van der Waals surface area (Å²) in [5.41, 5.74) is 0.185. The van der Waals surface area contributed by atoms with E-state index in [-0.39, 0.29) is 17.7 Å². The van der Waals surface area contributed by atoms with Gasteiger partial charge in [0.25, 0.3) is 0 Å². The first-order valence-electron chi connectivity index (χ1n) is 5.43. The minimum atomic E-state index is -1.82. The number of carbonyl (C=O) groups is 1. The van der Waals surface area contributed by atoms with E-state index in [1.165, 1.54) is 6.07 Å². The molecule has 2 atom stereocenters. The molecule has 0 aliphatic rings. The van der Waals surface area contributed by atoms with Crippen molar-refractivity contribution in [2.75, 3.05) is 6.61 Å². The van der Waals surface area contributed by atoms with Gasteiger partial charge in [-0.3, -0.25) is 0 Å². The number of esters is 1. The molecule has 0 heterocycles. The van der Waals surface area contributed by atoms with E-state index in [0.29, 0.717) is 0 Å². The van der Waals surface area contributed by atoms with Crippen LogP contribution < -0.4 is 0 Å². The fourth-order valence-electron chi connectivity index (χ4n) is 1.51. The number of hydrogen-bond acceptors (Lipinski definition) is 5. The minimum absolute atomic E-state index is 0.0435. The molecule has 5 nitrogen and oxygen atoms in total. The third-order valence-corrected chi connectivity index (χ3v) is 2.42. The quantitative estimate of drug-likeness (QED) is 0.660. The zero-order valence-corrected chi connectivity index (χ0v) is 9.84. The predicted octanol–water partition coefficient (Wildman–Crippen LogP) is 0.275. The molecule has 6 heteroatoms. The predicted molar refractivity (Wildman–Crippen MR) is 59.9 cm³/mol. The first-order valence-corrected chi connectivity index (χ1v) is 5.43. The lowest BCUT2D eigenvalue weighted by Crippen LogP contribution is -2.30. The van der Waals surface area contributed by atoms with Crippen molar-refractivity contribution < 1.29 is 29.2 Å². The van der Waals surface area contributed by atoms with Crippen LogP contribution in [0, 0.1) is 5.82 Å². The second-order valence-electron chi connectivity index (χ2n) is 3.64. The average molecular weight is 258 g/mol. The molecular formula is C12H15FO5. The number of aliphatic hydroxyl groups is 3. The highest BCUT2D eigenvalue weighted by molar-refractivity contribution is 5.75. The molecule has 0 bridgehead atoms. The lowest BCUT2D eigenvalue weighted by atomic mass is 9.99. The Hall–Kier alpha value is -1.50. The van der Waals surface area contributed by atoms with Gasteiger partial charge in [0.15, 0.2) is 6.10 Å². The molecule has 0 fully saturated rings. The molecule has 3 N–H and O–H groups in total. The fourth-order valence-corrected chi connectivity index (χ4v) is 1.51. The molecule has 100 valence electrons. The summed E-state index contributed by atoms with van der Waals surface area (Å²) >= 11 is 0. The van der Waals surface area contributed by atoms with Crippen LogP contribution >= 0.6 is 0 Å². The topological polar surface area (TPSA) is 87.0 Å². The van der Waals surface area contributed by atoms with E-state index in [1.807, 2.05) is 0 Å². The van der Waals surface area contributed by atoms with Crippen LogP contribution in [0.2, 0.25) is 0 Å². The van der Waals surface area contributed by atoms with E-state index in [1.54, 1.807) is 6.92 Å². The second-order valence-corrected chi connectivity index (χ2v) is 3.64. The first kappa shape index (κ1) is 14.6.